The van der Waals surface area contributed by atoms with E-state index in [-0.39, 0.29) is 5.41 Å². The van der Waals surface area contributed by atoms with Crippen molar-refractivity contribution in [3.8, 4) is 39.1 Å². The highest BCUT2D eigenvalue weighted by molar-refractivity contribution is 6.14. The van der Waals surface area contributed by atoms with Crippen LogP contribution in [0.4, 0.5) is 17.1 Å². The summed E-state index contributed by atoms with van der Waals surface area (Å²) in [5.74, 6) is 0. The van der Waals surface area contributed by atoms with E-state index >= 15 is 0 Å². The van der Waals surface area contributed by atoms with Crippen molar-refractivity contribution >= 4 is 60.4 Å². The highest BCUT2D eigenvalue weighted by atomic mass is 15.1. The lowest BCUT2D eigenvalue weighted by molar-refractivity contribution is 0.701. The summed E-state index contributed by atoms with van der Waals surface area (Å²) < 4.78 is 2.40. The summed E-state index contributed by atoms with van der Waals surface area (Å²) in [6, 6.07) is 89.4. The Hall–Kier alpha value is -8.46. The molecule has 0 aliphatic heterocycles. The van der Waals surface area contributed by atoms with Crippen LogP contribution in [0.1, 0.15) is 22.3 Å². The molecule has 1 spiro atoms. The number of benzene rings is 11. The van der Waals surface area contributed by atoms with Gasteiger partial charge in [0.05, 0.1) is 16.4 Å². The van der Waals surface area contributed by atoms with Crippen molar-refractivity contribution in [2.45, 2.75) is 5.41 Å². The molecule has 302 valence electrons. The molecule has 0 unspecified atom stereocenters. The molecule has 0 saturated carbocycles. The number of hydrogen-bond acceptors (Lipinski definition) is 1. The van der Waals surface area contributed by atoms with Crippen molar-refractivity contribution in [1.82, 2.24) is 4.57 Å². The lowest BCUT2D eigenvalue weighted by Gasteiger charge is -2.52. The molecule has 2 aliphatic carbocycles. The Bertz CT molecular complexity index is 3790. The second-order valence-corrected chi connectivity index (χ2v) is 17.6. The Morgan fingerprint density at radius 2 is 0.800 bits per heavy atom. The van der Waals surface area contributed by atoms with Crippen LogP contribution in [0.15, 0.2) is 243 Å². The summed E-state index contributed by atoms with van der Waals surface area (Å²) in [4.78, 5) is 2.38. The average Bonchev–Trinajstić information content (AvgIpc) is 3.70. The molecule has 0 radical (unpaired) electrons. The second kappa shape index (κ2) is 13.8. The van der Waals surface area contributed by atoms with E-state index in [0.717, 1.165) is 22.7 Å². The first kappa shape index (κ1) is 36.1. The molecule has 2 aliphatic rings. The monoisotopic (exact) mass is 824 g/mol. The summed E-state index contributed by atoms with van der Waals surface area (Å²) in [5.41, 5.74) is 19.8. The van der Waals surface area contributed by atoms with Crippen molar-refractivity contribution in [2.24, 2.45) is 0 Å². The third kappa shape index (κ3) is 5.11. The minimum atomic E-state index is -0.118. The Balaban J connectivity index is 0.850. The lowest BCUT2D eigenvalue weighted by Crippen LogP contribution is -2.43. The lowest BCUT2D eigenvalue weighted by atomic mass is 9.49. The summed E-state index contributed by atoms with van der Waals surface area (Å²) in [7, 11) is 0. The number of fused-ring (bicyclic) bond motifs is 7. The number of anilines is 3. The predicted molar refractivity (Wildman–Crippen MR) is 272 cm³/mol. The van der Waals surface area contributed by atoms with Gasteiger partial charge in [-0.2, -0.15) is 0 Å². The number of aromatic nitrogens is 1. The van der Waals surface area contributed by atoms with Gasteiger partial charge in [0, 0.05) is 33.5 Å². The molecule has 0 atom stereocenters. The average molecular weight is 825 g/mol. The smallest absolute Gasteiger partial charge is 0.0725 e. The van der Waals surface area contributed by atoms with Gasteiger partial charge in [-0.15, -0.1) is 0 Å². The van der Waals surface area contributed by atoms with Crippen molar-refractivity contribution < 1.29 is 0 Å². The van der Waals surface area contributed by atoms with Crippen LogP contribution in [0.5, 0.6) is 0 Å². The highest BCUT2D eigenvalue weighted by Gasteiger charge is 2.54. The van der Waals surface area contributed by atoms with Crippen LogP contribution in [0.25, 0.3) is 82.4 Å². The van der Waals surface area contributed by atoms with Gasteiger partial charge in [-0.3, -0.25) is 0 Å². The zero-order valence-corrected chi connectivity index (χ0v) is 35.5. The zero-order chi connectivity index (χ0) is 42.6. The third-order valence-electron chi connectivity index (χ3n) is 14.4. The maximum absolute atomic E-state index is 2.40. The number of nitrogens with zero attached hydrogens (tertiary/aromatic N) is 2. The van der Waals surface area contributed by atoms with Crippen molar-refractivity contribution in [3.63, 3.8) is 0 Å². The molecule has 0 N–H and O–H groups in total. The zero-order valence-electron chi connectivity index (χ0n) is 35.5. The fraction of sp³-hybridized carbons (Fsp3) is 0.0159. The Kier molecular flexibility index (Phi) is 7.64. The van der Waals surface area contributed by atoms with Crippen molar-refractivity contribution in [1.29, 1.82) is 0 Å². The van der Waals surface area contributed by atoms with E-state index in [1.165, 1.54) is 99.0 Å². The predicted octanol–water partition coefficient (Wildman–Crippen LogP) is 16.6. The maximum atomic E-state index is 2.40. The molecule has 0 fully saturated rings. The summed E-state index contributed by atoms with van der Waals surface area (Å²) in [6.45, 7) is 0. The molecule has 0 amide bonds. The Morgan fingerprint density at radius 1 is 0.308 bits per heavy atom. The van der Waals surface area contributed by atoms with Gasteiger partial charge in [0.25, 0.3) is 0 Å². The van der Waals surface area contributed by atoms with E-state index in [4.69, 9.17) is 0 Å². The molecule has 2 heteroatoms. The SMILES string of the molecule is c1ccc(-c2ccc(N(c3ccc(-c4ccc5c6c(cccc46)C54c5cccc6cccc4c56)cc3)c3ccc(-n4c5ccccc5c5cc(-c6ccccc6)ccc54)cc3)cc2)cc1. The van der Waals surface area contributed by atoms with Gasteiger partial charge in [0.15, 0.2) is 0 Å². The first-order valence-corrected chi connectivity index (χ1v) is 22.6. The van der Waals surface area contributed by atoms with Crippen LogP contribution in [0.2, 0.25) is 0 Å². The standard InChI is InChI=1S/C63H40N2/c1-3-12-41(13-4-1)43-24-29-47(30-25-43)64(49-33-35-50(36-34-49)65-59-23-8-7-18-52(59)54-40-46(28-39-60(54)65)42-14-5-2-6-15-42)48-31-26-44(27-32-48)51-37-38-58-62-53(51)19-11-22-57(62)63(58)55-20-9-16-45-17-10-21-56(63)61(45)55/h1-40H. The molecule has 14 rings (SSSR count). The van der Waals surface area contributed by atoms with Crippen LogP contribution >= 0.6 is 0 Å². The van der Waals surface area contributed by atoms with Gasteiger partial charge in [0.1, 0.15) is 0 Å². The minimum absolute atomic E-state index is 0.118. The summed E-state index contributed by atoms with van der Waals surface area (Å²) >= 11 is 0. The second-order valence-electron chi connectivity index (χ2n) is 17.6. The van der Waals surface area contributed by atoms with Crippen LogP contribution in [0.3, 0.4) is 0 Å². The van der Waals surface area contributed by atoms with Crippen molar-refractivity contribution in [2.75, 3.05) is 4.90 Å². The van der Waals surface area contributed by atoms with Gasteiger partial charge in [-0.05, 0) is 144 Å². The van der Waals surface area contributed by atoms with Crippen LogP contribution in [0, 0.1) is 0 Å². The van der Waals surface area contributed by atoms with E-state index in [2.05, 4.69) is 252 Å². The Labute approximate surface area is 377 Å². The molecular formula is C63H40N2. The molecule has 0 saturated heterocycles. The van der Waals surface area contributed by atoms with Crippen molar-refractivity contribution in [3.05, 3.63) is 265 Å². The van der Waals surface area contributed by atoms with Gasteiger partial charge in [-0.1, -0.05) is 176 Å². The summed E-state index contributed by atoms with van der Waals surface area (Å²) in [5, 5.41) is 7.98. The largest absolute Gasteiger partial charge is 0.311 e. The normalized spacial score (nSPS) is 13.0. The maximum Gasteiger partial charge on any atom is 0.0725 e. The highest BCUT2D eigenvalue weighted by Crippen LogP contribution is 2.65. The van der Waals surface area contributed by atoms with Crippen LogP contribution in [-0.4, -0.2) is 4.57 Å². The first-order valence-electron chi connectivity index (χ1n) is 22.6. The number of para-hydroxylation sites is 1. The van der Waals surface area contributed by atoms with E-state index in [1.54, 1.807) is 0 Å². The third-order valence-corrected chi connectivity index (χ3v) is 14.4. The number of rotatable bonds is 7. The van der Waals surface area contributed by atoms with Gasteiger partial charge >= 0.3 is 0 Å². The fourth-order valence-electron chi connectivity index (χ4n) is 11.5. The quantitative estimate of drug-likeness (QED) is 0.155. The van der Waals surface area contributed by atoms with Gasteiger partial charge < -0.3 is 9.47 Å². The molecule has 1 heterocycles. The molecule has 11 aromatic carbocycles. The molecule has 65 heavy (non-hydrogen) atoms. The Morgan fingerprint density at radius 3 is 1.48 bits per heavy atom. The minimum Gasteiger partial charge on any atom is -0.311 e. The van der Waals surface area contributed by atoms with Crippen LogP contribution < -0.4 is 4.90 Å². The van der Waals surface area contributed by atoms with Gasteiger partial charge in [-0.25, -0.2) is 0 Å². The topological polar surface area (TPSA) is 8.17 Å². The summed E-state index contributed by atoms with van der Waals surface area (Å²) in [6.07, 6.45) is 0. The van der Waals surface area contributed by atoms with E-state index in [9.17, 15) is 0 Å². The van der Waals surface area contributed by atoms with E-state index in [1.807, 2.05) is 0 Å². The van der Waals surface area contributed by atoms with E-state index < -0.39 is 0 Å². The molecule has 1 aromatic heterocycles. The fourth-order valence-corrected chi connectivity index (χ4v) is 11.5. The first-order chi connectivity index (χ1) is 32.2. The van der Waals surface area contributed by atoms with E-state index in [0.29, 0.717) is 0 Å². The molecule has 12 aromatic rings. The molecule has 2 nitrogen and oxygen atoms in total. The molecule has 0 bridgehead atoms. The van der Waals surface area contributed by atoms with Crippen LogP contribution in [-0.2, 0) is 5.41 Å². The van der Waals surface area contributed by atoms with Gasteiger partial charge in [0.2, 0.25) is 0 Å². The molecular weight excluding hydrogens is 785 g/mol. The number of hydrogen-bond donors (Lipinski definition) is 0.